The van der Waals surface area contributed by atoms with Crippen molar-refractivity contribution in [1.29, 1.82) is 0 Å². The molecule has 2 unspecified atom stereocenters. The highest BCUT2D eigenvalue weighted by Crippen LogP contribution is 2.39. The Bertz CT molecular complexity index is 1750. The van der Waals surface area contributed by atoms with Gasteiger partial charge in [0.05, 0.1) is 34.3 Å². The van der Waals surface area contributed by atoms with Gasteiger partial charge in [0.2, 0.25) is 17.9 Å². The third-order valence-corrected chi connectivity index (χ3v) is 9.33. The Hall–Kier alpha value is -4.19. The highest BCUT2D eigenvalue weighted by Gasteiger charge is 2.39. The normalized spacial score (nSPS) is 18.2. The van der Waals surface area contributed by atoms with Gasteiger partial charge >= 0.3 is 11.9 Å². The maximum Gasteiger partial charge on any atom is 0.352 e. The van der Waals surface area contributed by atoms with Gasteiger partial charge in [-0.15, -0.1) is 0 Å². The molecule has 11 nitrogen and oxygen atoms in total. The molecule has 0 radical (unpaired) electrons. The first-order chi connectivity index (χ1) is 21.7. The van der Waals surface area contributed by atoms with Crippen molar-refractivity contribution in [2.75, 3.05) is 12.8 Å². The average molecular weight is 636 g/mol. The van der Waals surface area contributed by atoms with Crippen LogP contribution in [0, 0.1) is 0 Å². The molecule has 45 heavy (non-hydrogen) atoms. The maximum absolute atomic E-state index is 13.6. The second-order valence-corrected chi connectivity index (χ2v) is 12.0. The maximum atomic E-state index is 13.6. The van der Waals surface area contributed by atoms with Crippen LogP contribution in [0.15, 0.2) is 29.1 Å². The molecule has 3 aromatic rings. The van der Waals surface area contributed by atoms with Gasteiger partial charge in [0.1, 0.15) is 12.4 Å². The van der Waals surface area contributed by atoms with E-state index in [1.54, 1.807) is 28.8 Å². The fourth-order valence-corrected chi connectivity index (χ4v) is 6.82. The van der Waals surface area contributed by atoms with E-state index in [1.165, 1.54) is 16.7 Å². The molecule has 0 spiro atoms. The zero-order valence-electron chi connectivity index (χ0n) is 25.9. The van der Waals surface area contributed by atoms with Gasteiger partial charge < -0.3 is 19.1 Å². The lowest BCUT2D eigenvalue weighted by atomic mass is 9.97. The second-order valence-electron chi connectivity index (χ2n) is 10.9. The van der Waals surface area contributed by atoms with E-state index in [0.717, 1.165) is 16.5 Å². The lowest BCUT2D eigenvalue weighted by Crippen LogP contribution is -2.34. The lowest BCUT2D eigenvalue weighted by molar-refractivity contribution is -0.171. The van der Waals surface area contributed by atoms with E-state index in [9.17, 15) is 29.1 Å². The molecule has 5 heterocycles. The summed E-state index contributed by atoms with van der Waals surface area (Å²) in [5.74, 6) is -1.55. The van der Waals surface area contributed by atoms with Crippen LogP contribution < -0.4 is 5.56 Å². The number of aromatic nitrogens is 2. The number of phenols is 1. The van der Waals surface area contributed by atoms with E-state index in [-0.39, 0.29) is 53.4 Å². The van der Waals surface area contributed by atoms with Gasteiger partial charge in [-0.25, -0.2) is 9.78 Å². The van der Waals surface area contributed by atoms with Crippen molar-refractivity contribution in [1.82, 2.24) is 14.5 Å². The minimum absolute atomic E-state index is 0.0292. The number of nitrogens with zero attached hydrogens (tertiary/aromatic N) is 3. The van der Waals surface area contributed by atoms with Crippen molar-refractivity contribution < 1.29 is 33.8 Å². The number of hydrogen-bond donors (Lipinski definition) is 1. The average Bonchev–Trinajstić information content (AvgIpc) is 3.54. The predicted octanol–water partition coefficient (Wildman–Crippen LogP) is 4.41. The Balaban J connectivity index is 0.00000196. The Morgan fingerprint density at radius 1 is 1.11 bits per heavy atom. The van der Waals surface area contributed by atoms with Gasteiger partial charge in [0, 0.05) is 35.9 Å². The van der Waals surface area contributed by atoms with Crippen molar-refractivity contribution >= 4 is 46.4 Å². The van der Waals surface area contributed by atoms with Crippen molar-refractivity contribution in [3.8, 4) is 17.1 Å². The summed E-state index contributed by atoms with van der Waals surface area (Å²) < 4.78 is 12.4. The number of fused-ring (bicyclic) bond motifs is 5. The third kappa shape index (κ3) is 5.95. The minimum atomic E-state index is -1.37. The largest absolute Gasteiger partial charge is 0.508 e. The molecule has 1 N–H and O–H groups in total. The van der Waals surface area contributed by atoms with Gasteiger partial charge in [0.15, 0.2) is 0 Å². The SMILES string of the molecule is CC.CCc1c2c(nc3ccc(O)cc13)-c1cc3c(c(=O)n1C2)COC(=O)C3OC(=O)CCCCCN1C(=O)CC(SC)C1=O. The van der Waals surface area contributed by atoms with Crippen LogP contribution in [0.1, 0.15) is 81.2 Å². The molecular formula is C33H37N3O8S. The Morgan fingerprint density at radius 2 is 1.89 bits per heavy atom. The van der Waals surface area contributed by atoms with Crippen LogP contribution in [0.4, 0.5) is 0 Å². The number of rotatable bonds is 9. The molecule has 3 aliphatic heterocycles. The molecule has 1 fully saturated rings. The first-order valence-electron chi connectivity index (χ1n) is 15.4. The standard InChI is InChI=1S/C31H31N3O8S.C2H6/c1-3-17-18-11-16(35)8-9-22(18)32-27-20(17)14-34-23(27)12-19-21(29(34)38)15-41-31(40)28(19)42-26(37)7-5-4-6-10-33-25(36)13-24(43-2)30(33)39;1-2/h8-9,11-12,24,28,35H,3-7,10,13-15H2,1-2H3;1-2H3. The molecule has 238 valence electrons. The smallest absolute Gasteiger partial charge is 0.352 e. The second kappa shape index (κ2) is 13.4. The number of imide groups is 1. The molecule has 1 aromatic carbocycles. The number of carbonyl (C=O) groups is 4. The van der Waals surface area contributed by atoms with E-state index >= 15 is 0 Å². The number of unbranched alkanes of at least 4 members (excludes halogenated alkanes) is 2. The van der Waals surface area contributed by atoms with Gasteiger partial charge in [-0.2, -0.15) is 11.8 Å². The number of pyridine rings is 2. The van der Waals surface area contributed by atoms with Crippen molar-refractivity contribution in [3.05, 3.63) is 56.9 Å². The Labute approximate surface area is 264 Å². The lowest BCUT2D eigenvalue weighted by Gasteiger charge is -2.25. The molecule has 2 aromatic heterocycles. The minimum Gasteiger partial charge on any atom is -0.508 e. The molecule has 3 aliphatic rings. The van der Waals surface area contributed by atoms with Gasteiger partial charge in [-0.05, 0) is 55.3 Å². The van der Waals surface area contributed by atoms with E-state index < -0.39 is 18.0 Å². The summed E-state index contributed by atoms with van der Waals surface area (Å²) in [4.78, 5) is 69.6. The number of aromatic hydroxyl groups is 1. The summed E-state index contributed by atoms with van der Waals surface area (Å²) in [6.45, 7) is 6.40. The van der Waals surface area contributed by atoms with Crippen molar-refractivity contribution in [3.63, 3.8) is 0 Å². The van der Waals surface area contributed by atoms with Crippen molar-refractivity contribution in [2.24, 2.45) is 0 Å². The molecule has 0 bridgehead atoms. The van der Waals surface area contributed by atoms with Crippen LogP contribution in [-0.4, -0.2) is 61.4 Å². The summed E-state index contributed by atoms with van der Waals surface area (Å²) in [5.41, 5.74) is 3.93. The monoisotopic (exact) mass is 635 g/mol. The summed E-state index contributed by atoms with van der Waals surface area (Å²) in [7, 11) is 0. The van der Waals surface area contributed by atoms with E-state index in [0.29, 0.717) is 61.2 Å². The first-order valence-corrected chi connectivity index (χ1v) is 16.6. The number of likely N-dealkylation sites (tertiary alicyclic amines) is 1. The topological polar surface area (TPSA) is 145 Å². The quantitative estimate of drug-likeness (QED) is 0.159. The third-order valence-electron chi connectivity index (χ3n) is 8.39. The number of ether oxygens (including phenoxy) is 2. The zero-order chi connectivity index (χ0) is 32.4. The number of cyclic esters (lactones) is 1. The molecule has 0 saturated carbocycles. The molecule has 12 heteroatoms. The van der Waals surface area contributed by atoms with E-state index in [4.69, 9.17) is 14.5 Å². The number of aryl methyl sites for hydroxylation is 1. The first kappa shape index (κ1) is 32.2. The number of amides is 2. The Morgan fingerprint density at radius 3 is 2.60 bits per heavy atom. The van der Waals surface area contributed by atoms with Crippen LogP contribution in [-0.2, 0) is 48.2 Å². The summed E-state index contributed by atoms with van der Waals surface area (Å²) in [5, 5.41) is 10.6. The van der Waals surface area contributed by atoms with Gasteiger partial charge in [-0.1, -0.05) is 27.2 Å². The fraction of sp³-hybridized carbons (Fsp3) is 0.455. The number of thioether (sulfide) groups is 1. The van der Waals surface area contributed by atoms with E-state index in [1.807, 2.05) is 27.0 Å². The zero-order valence-corrected chi connectivity index (χ0v) is 26.7. The molecule has 0 aliphatic carbocycles. The van der Waals surface area contributed by atoms with Crippen LogP contribution >= 0.6 is 11.8 Å². The van der Waals surface area contributed by atoms with Crippen molar-refractivity contribution in [2.45, 2.75) is 83.8 Å². The van der Waals surface area contributed by atoms with Crippen LogP contribution in [0.25, 0.3) is 22.3 Å². The molecule has 2 atom stereocenters. The number of phenolic OH excluding ortho intramolecular Hbond substituents is 1. The van der Waals surface area contributed by atoms with Crippen LogP contribution in [0.3, 0.4) is 0 Å². The molecular weight excluding hydrogens is 598 g/mol. The van der Waals surface area contributed by atoms with Gasteiger partial charge in [-0.3, -0.25) is 24.1 Å². The summed E-state index contributed by atoms with van der Waals surface area (Å²) in [6.07, 6.45) is 2.95. The molecule has 6 rings (SSSR count). The molecule has 1 saturated heterocycles. The molecule has 2 amide bonds. The number of benzene rings is 1. The number of hydrogen-bond acceptors (Lipinski definition) is 10. The highest BCUT2D eigenvalue weighted by atomic mass is 32.2. The van der Waals surface area contributed by atoms with E-state index in [2.05, 4.69) is 0 Å². The summed E-state index contributed by atoms with van der Waals surface area (Å²) in [6, 6.07) is 6.67. The fourth-order valence-electron chi connectivity index (χ4n) is 6.18. The Kier molecular flexibility index (Phi) is 9.62. The van der Waals surface area contributed by atoms with Gasteiger partial charge in [0.25, 0.3) is 5.56 Å². The van der Waals surface area contributed by atoms with Crippen LogP contribution in [0.2, 0.25) is 0 Å². The predicted molar refractivity (Wildman–Crippen MR) is 169 cm³/mol. The highest BCUT2D eigenvalue weighted by molar-refractivity contribution is 8.00. The number of esters is 2. The summed E-state index contributed by atoms with van der Waals surface area (Å²) >= 11 is 1.37. The number of carbonyl (C=O) groups excluding carboxylic acids is 4. The van der Waals surface area contributed by atoms with Crippen LogP contribution in [0.5, 0.6) is 5.75 Å².